The first-order valence-electron chi connectivity index (χ1n) is 8.70. The molecule has 134 valence electrons. The number of allylic oxidation sites excluding steroid dienone is 2. The van der Waals surface area contributed by atoms with Gasteiger partial charge >= 0.3 is 0 Å². The number of amides is 1. The molecule has 1 aromatic heterocycles. The molecule has 1 unspecified atom stereocenters. The van der Waals surface area contributed by atoms with Crippen LogP contribution in [0.1, 0.15) is 24.1 Å². The molecule has 2 N–H and O–H groups in total. The summed E-state index contributed by atoms with van der Waals surface area (Å²) in [6.45, 7) is 1.98. The van der Waals surface area contributed by atoms with Gasteiger partial charge in [0.05, 0.1) is 0 Å². The lowest BCUT2D eigenvalue weighted by Crippen LogP contribution is -2.19. The summed E-state index contributed by atoms with van der Waals surface area (Å²) in [6.07, 6.45) is 5.31. The largest absolute Gasteiger partial charge is 0.329 e. The van der Waals surface area contributed by atoms with E-state index in [1.165, 1.54) is 6.08 Å². The van der Waals surface area contributed by atoms with Gasteiger partial charge in [-0.25, -0.2) is 4.68 Å². The predicted molar refractivity (Wildman–Crippen MR) is 106 cm³/mol. The molecule has 0 radical (unpaired) electrons. The minimum atomic E-state index is -0.275. The van der Waals surface area contributed by atoms with Crippen LogP contribution in [0.15, 0.2) is 78.5 Å². The van der Waals surface area contributed by atoms with Crippen LogP contribution < -0.4 is 10.6 Å². The molecule has 0 aliphatic carbocycles. The van der Waals surface area contributed by atoms with E-state index in [0.29, 0.717) is 5.95 Å². The molecule has 6 heteroatoms. The SMILES string of the molecule is CC1=CC(c2ccccc2)n2nc(NC(=O)/C=C/c3ccccc3)nc2N1. The predicted octanol–water partition coefficient (Wildman–Crippen LogP) is 3.85. The average molecular weight is 357 g/mol. The first kappa shape index (κ1) is 16.8. The Labute approximate surface area is 157 Å². The Balaban J connectivity index is 1.54. The van der Waals surface area contributed by atoms with E-state index in [4.69, 9.17) is 0 Å². The quantitative estimate of drug-likeness (QED) is 0.696. The van der Waals surface area contributed by atoms with E-state index in [-0.39, 0.29) is 17.9 Å². The lowest BCUT2D eigenvalue weighted by Gasteiger charge is -2.22. The van der Waals surface area contributed by atoms with Crippen LogP contribution in [-0.2, 0) is 4.79 Å². The fraction of sp³-hybridized carbons (Fsp3) is 0.0952. The van der Waals surface area contributed by atoms with Crippen molar-refractivity contribution in [2.45, 2.75) is 13.0 Å². The summed E-state index contributed by atoms with van der Waals surface area (Å²) < 4.78 is 1.78. The van der Waals surface area contributed by atoms with Gasteiger partial charge < -0.3 is 5.32 Å². The van der Waals surface area contributed by atoms with Crippen LogP contribution in [0.3, 0.4) is 0 Å². The Hall–Kier alpha value is -3.67. The van der Waals surface area contributed by atoms with Crippen molar-refractivity contribution in [1.82, 2.24) is 14.8 Å². The number of nitrogens with one attached hydrogen (secondary N) is 2. The molecule has 1 aliphatic rings. The maximum Gasteiger partial charge on any atom is 0.250 e. The Bertz CT molecular complexity index is 1010. The molecule has 2 heterocycles. The first-order valence-corrected chi connectivity index (χ1v) is 8.70. The number of carbonyl (C=O) groups is 1. The number of benzene rings is 2. The number of nitrogens with zero attached hydrogens (tertiary/aromatic N) is 3. The number of aromatic nitrogens is 3. The summed E-state index contributed by atoms with van der Waals surface area (Å²) in [5.41, 5.74) is 3.05. The van der Waals surface area contributed by atoms with Crippen molar-refractivity contribution < 1.29 is 4.79 Å². The van der Waals surface area contributed by atoms with Crippen molar-refractivity contribution in [3.8, 4) is 0 Å². The zero-order valence-electron chi connectivity index (χ0n) is 14.8. The normalized spacial score (nSPS) is 15.7. The van der Waals surface area contributed by atoms with Crippen molar-refractivity contribution in [3.63, 3.8) is 0 Å². The minimum absolute atomic E-state index is 0.0690. The number of fused-ring (bicyclic) bond motifs is 1. The van der Waals surface area contributed by atoms with Crippen LogP contribution >= 0.6 is 0 Å². The zero-order chi connectivity index (χ0) is 18.6. The van der Waals surface area contributed by atoms with E-state index in [9.17, 15) is 4.79 Å². The van der Waals surface area contributed by atoms with Gasteiger partial charge in [0.15, 0.2) is 0 Å². The summed E-state index contributed by atoms with van der Waals surface area (Å²) in [5.74, 6) is 0.596. The van der Waals surface area contributed by atoms with Crippen LogP contribution in [0.25, 0.3) is 6.08 Å². The van der Waals surface area contributed by atoms with Crippen LogP contribution in [-0.4, -0.2) is 20.7 Å². The molecular formula is C21H19N5O. The lowest BCUT2D eigenvalue weighted by molar-refractivity contribution is -0.111. The second kappa shape index (κ2) is 7.29. The smallest absolute Gasteiger partial charge is 0.250 e. The van der Waals surface area contributed by atoms with Crippen LogP contribution in [0.5, 0.6) is 0 Å². The van der Waals surface area contributed by atoms with E-state index >= 15 is 0 Å². The van der Waals surface area contributed by atoms with E-state index in [1.54, 1.807) is 10.8 Å². The number of hydrogen-bond acceptors (Lipinski definition) is 4. The summed E-state index contributed by atoms with van der Waals surface area (Å²) in [6, 6.07) is 19.6. The number of anilines is 2. The number of carbonyl (C=O) groups excluding carboxylic acids is 1. The van der Waals surface area contributed by atoms with Gasteiger partial charge in [-0.3, -0.25) is 10.1 Å². The van der Waals surface area contributed by atoms with Crippen LogP contribution in [0.4, 0.5) is 11.9 Å². The molecule has 4 rings (SSSR count). The van der Waals surface area contributed by atoms with Crippen molar-refractivity contribution in [2.24, 2.45) is 0 Å². The Morgan fingerprint density at radius 2 is 1.81 bits per heavy atom. The van der Waals surface area contributed by atoms with Crippen molar-refractivity contribution in [1.29, 1.82) is 0 Å². The molecule has 1 aliphatic heterocycles. The van der Waals surface area contributed by atoms with Gasteiger partial charge in [-0.2, -0.15) is 4.98 Å². The highest BCUT2D eigenvalue weighted by Gasteiger charge is 2.23. The van der Waals surface area contributed by atoms with Gasteiger partial charge in [-0.1, -0.05) is 60.7 Å². The van der Waals surface area contributed by atoms with Crippen molar-refractivity contribution >= 4 is 23.9 Å². The van der Waals surface area contributed by atoms with Gasteiger partial charge in [0.25, 0.3) is 11.9 Å². The van der Waals surface area contributed by atoms with Gasteiger partial charge in [-0.05, 0) is 30.2 Å². The van der Waals surface area contributed by atoms with E-state index in [2.05, 4.69) is 26.8 Å². The maximum atomic E-state index is 12.2. The molecule has 27 heavy (non-hydrogen) atoms. The molecule has 6 nitrogen and oxygen atoms in total. The second-order valence-corrected chi connectivity index (χ2v) is 6.27. The third-order valence-electron chi connectivity index (χ3n) is 4.21. The number of hydrogen-bond donors (Lipinski definition) is 2. The monoisotopic (exact) mass is 357 g/mol. The standard InChI is InChI=1S/C21H19N5O/c1-15-14-18(17-10-6-3-7-11-17)26-21(22-15)24-20(25-26)23-19(27)13-12-16-8-4-2-5-9-16/h2-14,18H,1H3,(H2,22,23,24,25,27)/b13-12+. The third kappa shape index (κ3) is 3.79. The fourth-order valence-corrected chi connectivity index (χ4v) is 2.96. The molecule has 3 aromatic rings. The van der Waals surface area contributed by atoms with Crippen LogP contribution in [0.2, 0.25) is 0 Å². The maximum absolute atomic E-state index is 12.2. The summed E-state index contributed by atoms with van der Waals surface area (Å²) in [4.78, 5) is 16.6. The highest BCUT2D eigenvalue weighted by atomic mass is 16.1. The fourth-order valence-electron chi connectivity index (χ4n) is 2.96. The van der Waals surface area contributed by atoms with Crippen molar-refractivity contribution in [3.05, 3.63) is 89.6 Å². The van der Waals surface area contributed by atoms with Gasteiger partial charge in [0.2, 0.25) is 5.95 Å². The van der Waals surface area contributed by atoms with E-state index < -0.39 is 0 Å². The molecule has 0 bridgehead atoms. The summed E-state index contributed by atoms with van der Waals surface area (Å²) >= 11 is 0. The highest BCUT2D eigenvalue weighted by molar-refractivity contribution is 6.00. The Kier molecular flexibility index (Phi) is 4.53. The second-order valence-electron chi connectivity index (χ2n) is 6.27. The van der Waals surface area contributed by atoms with Gasteiger partial charge in [0, 0.05) is 11.8 Å². The molecule has 0 saturated heterocycles. The highest BCUT2D eigenvalue weighted by Crippen LogP contribution is 2.29. The summed E-state index contributed by atoms with van der Waals surface area (Å²) in [7, 11) is 0. The molecule has 0 spiro atoms. The zero-order valence-corrected chi connectivity index (χ0v) is 14.8. The lowest BCUT2D eigenvalue weighted by atomic mass is 10.1. The molecule has 0 saturated carbocycles. The Morgan fingerprint density at radius 1 is 1.11 bits per heavy atom. The first-order chi connectivity index (χ1) is 13.2. The molecule has 1 amide bonds. The van der Waals surface area contributed by atoms with E-state index in [1.807, 2.05) is 67.6 Å². The third-order valence-corrected chi connectivity index (χ3v) is 4.21. The molecular weight excluding hydrogens is 338 g/mol. The number of rotatable bonds is 4. The minimum Gasteiger partial charge on any atom is -0.329 e. The van der Waals surface area contributed by atoms with Crippen LogP contribution in [0, 0.1) is 0 Å². The summed E-state index contributed by atoms with van der Waals surface area (Å²) in [5, 5.41) is 10.4. The topological polar surface area (TPSA) is 71.8 Å². The Morgan fingerprint density at radius 3 is 2.56 bits per heavy atom. The molecule has 2 aromatic carbocycles. The van der Waals surface area contributed by atoms with Crippen molar-refractivity contribution in [2.75, 3.05) is 10.6 Å². The van der Waals surface area contributed by atoms with Gasteiger partial charge in [-0.15, -0.1) is 5.10 Å². The molecule has 1 atom stereocenters. The van der Waals surface area contributed by atoms with Gasteiger partial charge in [0.1, 0.15) is 6.04 Å². The average Bonchev–Trinajstić information content (AvgIpc) is 3.09. The molecule has 0 fully saturated rings. The van der Waals surface area contributed by atoms with E-state index in [0.717, 1.165) is 16.8 Å².